The maximum Gasteiger partial charge on any atom is 0.573 e. The summed E-state index contributed by atoms with van der Waals surface area (Å²) in [5.41, 5.74) is 6.26. The molecule has 12 heteroatoms. The van der Waals surface area contributed by atoms with Crippen LogP contribution in [0.2, 0.25) is 0 Å². The van der Waals surface area contributed by atoms with Crippen LogP contribution >= 0.6 is 11.8 Å². The number of thioether (sulfide) groups is 1. The highest BCUT2D eigenvalue weighted by atomic mass is 32.2. The number of alkyl halides is 3. The molecule has 0 aliphatic carbocycles. The van der Waals surface area contributed by atoms with Crippen molar-refractivity contribution in [2.75, 3.05) is 17.2 Å². The predicted octanol–water partition coefficient (Wildman–Crippen LogP) is 7.94. The van der Waals surface area contributed by atoms with Crippen LogP contribution in [0.3, 0.4) is 0 Å². The summed E-state index contributed by atoms with van der Waals surface area (Å²) in [6, 6.07) is 18.8. The molecular formula is C32H31F3N6O2S. The summed E-state index contributed by atoms with van der Waals surface area (Å²) in [4.78, 5) is 23.7. The Labute approximate surface area is 257 Å². The summed E-state index contributed by atoms with van der Waals surface area (Å²) < 4.78 is 42.6. The van der Waals surface area contributed by atoms with E-state index in [1.807, 2.05) is 30.3 Å². The van der Waals surface area contributed by atoms with E-state index in [-0.39, 0.29) is 5.75 Å². The highest BCUT2D eigenvalue weighted by Crippen LogP contribution is 2.33. The van der Waals surface area contributed by atoms with E-state index in [0.29, 0.717) is 28.3 Å². The van der Waals surface area contributed by atoms with Gasteiger partial charge in [0.25, 0.3) is 0 Å². The van der Waals surface area contributed by atoms with Crippen molar-refractivity contribution in [3.05, 3.63) is 95.4 Å². The Morgan fingerprint density at radius 1 is 1.09 bits per heavy atom. The fourth-order valence-electron chi connectivity index (χ4n) is 4.71. The van der Waals surface area contributed by atoms with Crippen LogP contribution < -0.4 is 15.0 Å². The van der Waals surface area contributed by atoms with Crippen LogP contribution in [-0.2, 0) is 0 Å². The summed E-state index contributed by atoms with van der Waals surface area (Å²) in [5, 5.41) is 7.97. The van der Waals surface area contributed by atoms with Crippen LogP contribution in [0.4, 0.5) is 23.7 Å². The molecule has 1 N–H and O–H groups in total. The Morgan fingerprint density at radius 2 is 1.82 bits per heavy atom. The number of amidine groups is 1. The number of carbonyl (C=O) groups is 1. The van der Waals surface area contributed by atoms with E-state index < -0.39 is 12.4 Å². The van der Waals surface area contributed by atoms with Crippen molar-refractivity contribution in [1.82, 2.24) is 20.1 Å². The van der Waals surface area contributed by atoms with Gasteiger partial charge >= 0.3 is 12.4 Å². The van der Waals surface area contributed by atoms with Gasteiger partial charge in [-0.15, -0.1) is 18.3 Å². The summed E-state index contributed by atoms with van der Waals surface area (Å²) in [7, 11) is 0. The van der Waals surface area contributed by atoms with Gasteiger partial charge in [0.1, 0.15) is 12.1 Å². The van der Waals surface area contributed by atoms with Crippen LogP contribution in [0.5, 0.6) is 5.75 Å². The van der Waals surface area contributed by atoms with E-state index in [4.69, 9.17) is 0 Å². The van der Waals surface area contributed by atoms with E-state index in [1.165, 1.54) is 40.8 Å². The molecule has 3 aromatic carbocycles. The number of hydrogen-bond acceptors (Lipinski definition) is 5. The summed E-state index contributed by atoms with van der Waals surface area (Å²) in [5.74, 6) is 1.34. The first-order valence-electron chi connectivity index (χ1n) is 13.9. The number of hydrogen-bond donors (Lipinski definition) is 1. The highest BCUT2D eigenvalue weighted by Gasteiger charge is 2.31. The second-order valence-corrected chi connectivity index (χ2v) is 11.6. The zero-order chi connectivity index (χ0) is 31.4. The van der Waals surface area contributed by atoms with Gasteiger partial charge in [-0.3, -0.25) is 0 Å². The van der Waals surface area contributed by atoms with E-state index in [0.717, 1.165) is 34.7 Å². The van der Waals surface area contributed by atoms with E-state index in [1.54, 1.807) is 18.7 Å². The lowest BCUT2D eigenvalue weighted by Crippen LogP contribution is -2.28. The number of aryl methyl sites for hydroxylation is 1. The van der Waals surface area contributed by atoms with Crippen molar-refractivity contribution in [3.8, 4) is 22.8 Å². The molecule has 0 atom stereocenters. The molecule has 1 saturated heterocycles. The molecule has 0 unspecified atom stereocenters. The third-order valence-corrected chi connectivity index (χ3v) is 7.71. The number of aromatic nitrogens is 3. The van der Waals surface area contributed by atoms with Gasteiger partial charge in [0.15, 0.2) is 11.0 Å². The van der Waals surface area contributed by atoms with Crippen molar-refractivity contribution in [3.63, 3.8) is 0 Å². The molecule has 0 radical (unpaired) electrons. The molecule has 8 nitrogen and oxygen atoms in total. The molecule has 1 aromatic heterocycles. The fourth-order valence-corrected chi connectivity index (χ4v) is 5.66. The van der Waals surface area contributed by atoms with Crippen LogP contribution in [0.15, 0.2) is 83.7 Å². The number of urea groups is 1. The number of nitrogens with zero attached hydrogens (tertiary/aromatic N) is 5. The normalized spacial score (nSPS) is 14.9. The average Bonchev–Trinajstić information content (AvgIpc) is 3.63. The molecule has 44 heavy (non-hydrogen) atoms. The third-order valence-electron chi connectivity index (χ3n) is 6.76. The minimum absolute atomic E-state index is 0.314. The number of benzene rings is 3. The second-order valence-electron chi connectivity index (χ2n) is 10.5. The van der Waals surface area contributed by atoms with Gasteiger partial charge in [0, 0.05) is 29.2 Å². The maximum absolute atomic E-state index is 12.8. The molecule has 1 fully saturated rings. The first-order valence-corrected chi connectivity index (χ1v) is 14.9. The lowest BCUT2D eigenvalue weighted by atomic mass is 9.99. The molecule has 1 aliphatic rings. The van der Waals surface area contributed by atoms with Gasteiger partial charge in [0.2, 0.25) is 0 Å². The van der Waals surface area contributed by atoms with Gasteiger partial charge in [-0.25, -0.2) is 14.5 Å². The number of aliphatic imine (C=N–C) groups is 1. The summed E-state index contributed by atoms with van der Waals surface area (Å²) in [6.07, 6.45) is -1.43. The van der Waals surface area contributed by atoms with Crippen molar-refractivity contribution in [2.24, 2.45) is 4.99 Å². The Bertz CT molecular complexity index is 1700. The first-order chi connectivity index (χ1) is 20.9. The molecule has 5 rings (SSSR count). The summed E-state index contributed by atoms with van der Waals surface area (Å²) >= 11 is 1.57. The zero-order valence-corrected chi connectivity index (χ0v) is 25.4. The quantitative estimate of drug-likeness (QED) is 0.226. The van der Waals surface area contributed by atoms with Crippen molar-refractivity contribution >= 4 is 34.7 Å². The first kappa shape index (κ1) is 30.9. The van der Waals surface area contributed by atoms with Gasteiger partial charge in [-0.05, 0) is 72.9 Å². The van der Waals surface area contributed by atoms with Crippen LogP contribution in [-0.4, -0.2) is 44.6 Å². The van der Waals surface area contributed by atoms with Crippen molar-refractivity contribution < 1.29 is 22.7 Å². The maximum atomic E-state index is 12.8. The summed E-state index contributed by atoms with van der Waals surface area (Å²) in [6.45, 7) is 8.97. The lowest BCUT2D eigenvalue weighted by Gasteiger charge is -2.23. The van der Waals surface area contributed by atoms with Gasteiger partial charge in [-0.1, -0.05) is 62.0 Å². The number of nitrogens with one attached hydrogen (secondary N) is 1. The number of anilines is 1. The number of allylic oxidation sites excluding steroid dienone is 1. The minimum Gasteiger partial charge on any atom is -0.406 e. The molecule has 2 amide bonds. The number of ether oxygens (including phenoxy) is 1. The predicted molar refractivity (Wildman–Crippen MR) is 168 cm³/mol. The van der Waals surface area contributed by atoms with Crippen molar-refractivity contribution in [1.29, 1.82) is 0 Å². The number of rotatable bonds is 7. The van der Waals surface area contributed by atoms with E-state index in [9.17, 15) is 18.0 Å². The second kappa shape index (κ2) is 13.0. The molecule has 4 aromatic rings. The molecule has 0 bridgehead atoms. The Hall–Kier alpha value is -4.58. The fraction of sp³-hybridized carbons (Fsp3) is 0.250. The lowest BCUT2D eigenvalue weighted by molar-refractivity contribution is -0.274. The zero-order valence-electron chi connectivity index (χ0n) is 24.6. The Kier molecular flexibility index (Phi) is 9.09. The van der Waals surface area contributed by atoms with Gasteiger partial charge < -0.3 is 15.0 Å². The Balaban J connectivity index is 1.23. The molecular weight excluding hydrogens is 589 g/mol. The molecule has 2 heterocycles. The van der Waals surface area contributed by atoms with Crippen LogP contribution in [0.1, 0.15) is 43.4 Å². The molecule has 0 spiro atoms. The van der Waals surface area contributed by atoms with Crippen LogP contribution in [0, 0.1) is 6.92 Å². The third kappa shape index (κ3) is 7.67. The molecule has 228 valence electrons. The van der Waals surface area contributed by atoms with Crippen LogP contribution in [0.25, 0.3) is 23.2 Å². The number of carbonyl (C=O) groups excluding carboxylic acids is 1. The van der Waals surface area contributed by atoms with E-state index in [2.05, 4.69) is 69.0 Å². The SMILES string of the molecule is C/C(=C\c1ccc(-c2ncn(-c3ccc(OC(F)(F)F)cc3)n2)cc1)NC(=O)/N=C1\SCCN1c1cc(C)ccc1C(C)C. The number of amides is 2. The molecule has 1 aliphatic heterocycles. The van der Waals surface area contributed by atoms with Gasteiger partial charge in [0.05, 0.1) is 5.69 Å². The Morgan fingerprint density at radius 3 is 2.50 bits per heavy atom. The monoisotopic (exact) mass is 620 g/mol. The largest absolute Gasteiger partial charge is 0.573 e. The highest BCUT2D eigenvalue weighted by molar-refractivity contribution is 8.14. The van der Waals surface area contributed by atoms with Gasteiger partial charge in [-0.2, -0.15) is 4.99 Å². The van der Waals surface area contributed by atoms with Crippen molar-refractivity contribution in [2.45, 2.75) is 40.0 Å². The standard InChI is InChI=1S/C32H31F3N6O2S/c1-20(2)27-14-5-21(3)17-28(27)40-15-16-44-31(40)38-30(42)37-22(4)18-23-6-8-24(9-7-23)29-36-19-41(39-29)25-10-12-26(13-11-25)43-32(33,34)35/h5-14,17-20H,15-16H2,1-4H3,(H,37,42)/b22-18+,38-31-. The van der Waals surface area contributed by atoms with E-state index >= 15 is 0 Å². The molecule has 0 saturated carbocycles. The topological polar surface area (TPSA) is 84.6 Å². The number of halogens is 3. The average molecular weight is 621 g/mol. The smallest absolute Gasteiger partial charge is 0.406 e. The minimum atomic E-state index is -4.75.